The Labute approximate surface area is 331 Å². The number of nitrogens with one attached hydrogen (secondary N) is 2. The number of carboxylic acids is 1. The summed E-state index contributed by atoms with van der Waals surface area (Å²) in [7, 11) is 0. The predicted octanol–water partition coefficient (Wildman–Crippen LogP) is 6.62. The number of hydrogen-bond donors (Lipinski definition) is 5. The number of aliphatic carboxylic acids is 1. The number of pyridine rings is 3. The minimum absolute atomic E-state index is 0.0933. The minimum atomic E-state index is -1.50. The molecule has 3 heterocycles. The van der Waals surface area contributed by atoms with Gasteiger partial charge in [0.05, 0.1) is 22.2 Å². The van der Waals surface area contributed by atoms with Gasteiger partial charge in [-0.15, -0.1) is 0 Å². The van der Waals surface area contributed by atoms with E-state index in [-0.39, 0.29) is 34.8 Å². The summed E-state index contributed by atoms with van der Waals surface area (Å²) in [5.41, 5.74) is 2.39. The number of fused-ring (bicyclic) bond motifs is 3. The zero-order chi connectivity index (χ0) is 41.9. The Balaban J connectivity index is 0.000000197. The Morgan fingerprint density at radius 3 is 1.33 bits per heavy atom. The zero-order valence-corrected chi connectivity index (χ0v) is 33.0. The van der Waals surface area contributed by atoms with Gasteiger partial charge in [0.25, 0.3) is 11.8 Å². The minimum Gasteiger partial charge on any atom is -0.480 e. The van der Waals surface area contributed by atoms with Gasteiger partial charge >= 0.3 is 11.9 Å². The molecule has 0 saturated carbocycles. The van der Waals surface area contributed by atoms with E-state index in [9.17, 15) is 19.2 Å². The monoisotopic (exact) mass is 775 g/mol. The van der Waals surface area contributed by atoms with Gasteiger partial charge in [-0.1, -0.05) is 100 Å². The number of ether oxygens (including phenoxy) is 1. The summed E-state index contributed by atoms with van der Waals surface area (Å²) in [5, 5.41) is 35.0. The average molecular weight is 776 g/mol. The second kappa shape index (κ2) is 19.5. The van der Waals surface area contributed by atoms with Gasteiger partial charge in [0.15, 0.2) is 6.29 Å². The molecule has 0 bridgehead atoms. The molecule has 3 aromatic heterocycles. The van der Waals surface area contributed by atoms with Crippen LogP contribution in [-0.4, -0.2) is 71.7 Å². The number of hydrogen-bond acceptors (Lipinski definition) is 10. The molecule has 0 aliphatic rings. The van der Waals surface area contributed by atoms with Crippen LogP contribution in [0.3, 0.4) is 0 Å². The van der Waals surface area contributed by atoms with Crippen LogP contribution in [0.5, 0.6) is 0 Å². The number of aliphatic hydroxyl groups excluding tert-OH is 1. The fraction of sp³-hybridized carbons (Fsp3) is 0.295. The van der Waals surface area contributed by atoms with Crippen LogP contribution in [0.15, 0.2) is 109 Å². The quantitative estimate of drug-likeness (QED) is 0.0781. The number of carbonyl (C=O) groups is 4. The molecule has 0 radical (unpaired) electrons. The summed E-state index contributed by atoms with van der Waals surface area (Å²) in [6.07, 6.45) is -1.50. The Bertz CT molecular complexity index is 2340. The number of rotatable bonds is 9. The van der Waals surface area contributed by atoms with Gasteiger partial charge in [-0.3, -0.25) is 9.59 Å². The summed E-state index contributed by atoms with van der Waals surface area (Å²) in [4.78, 5) is 60.6. The van der Waals surface area contributed by atoms with Crippen LogP contribution >= 0.6 is 0 Å². The number of carboxylic acid groups (broad SMARTS) is 1. The van der Waals surface area contributed by atoms with E-state index in [1.165, 1.54) is 0 Å². The number of aromatic nitrogens is 3. The molecule has 2 amide bonds. The third-order valence-corrected chi connectivity index (χ3v) is 8.38. The molecule has 0 unspecified atom stereocenters. The first-order chi connectivity index (χ1) is 26.9. The number of esters is 1. The third kappa shape index (κ3) is 12.6. The molecule has 13 nitrogen and oxygen atoms in total. The van der Waals surface area contributed by atoms with E-state index >= 15 is 0 Å². The first-order valence-corrected chi connectivity index (χ1v) is 18.4. The lowest BCUT2D eigenvalue weighted by atomic mass is 10.0. The van der Waals surface area contributed by atoms with Gasteiger partial charge in [0, 0.05) is 16.2 Å². The second-order valence-corrected chi connectivity index (χ2v) is 14.8. The summed E-state index contributed by atoms with van der Waals surface area (Å²) < 4.78 is 5.39. The van der Waals surface area contributed by atoms with E-state index in [2.05, 4.69) is 25.6 Å². The largest absolute Gasteiger partial charge is 0.480 e. The molecule has 0 spiro atoms. The number of para-hydroxylation sites is 3. The van der Waals surface area contributed by atoms with Crippen molar-refractivity contribution in [1.82, 2.24) is 25.6 Å². The summed E-state index contributed by atoms with van der Waals surface area (Å²) in [5.74, 6) is -2.64. The number of benzene rings is 3. The summed E-state index contributed by atoms with van der Waals surface area (Å²) >= 11 is 0. The van der Waals surface area contributed by atoms with Crippen molar-refractivity contribution in [2.75, 3.05) is 0 Å². The fourth-order valence-corrected chi connectivity index (χ4v) is 5.42. The van der Waals surface area contributed by atoms with Gasteiger partial charge < -0.3 is 30.7 Å². The fourth-order valence-electron chi connectivity index (χ4n) is 5.42. The number of amides is 2. The number of carbonyl (C=O) groups excluding carboxylic acids is 3. The summed E-state index contributed by atoms with van der Waals surface area (Å²) in [6, 6.07) is 31.2. The van der Waals surface area contributed by atoms with Crippen LogP contribution in [-0.2, 0) is 14.3 Å². The first-order valence-electron chi connectivity index (χ1n) is 18.4. The molecule has 298 valence electrons. The molecule has 3 aromatic carbocycles. The highest BCUT2D eigenvalue weighted by atomic mass is 16.6. The highest BCUT2D eigenvalue weighted by Crippen LogP contribution is 2.17. The standard InChI is InChI=1S/C19H24N2O3.C15H16N2O3.C10H9NO2/c1-12(2)16(18(23)24-19(3,4)5)21-17(22)15-11-10-13-8-6-7-9-14(13)20-15;1-9(2)13(15(19)20)17-14(18)12-8-7-10-5-3-4-6-11(10)16-12;12-10(13)9-6-5-7-3-1-2-4-8(7)11-9/h6-12,16H,1-5H3,(H,21,22);3-9,13H,1-2H3,(H,17,18)(H,19,20);1-6,10,12-13H/t16-;13-;/m00./s1. The van der Waals surface area contributed by atoms with E-state index in [1.807, 2.05) is 98.8 Å². The predicted molar refractivity (Wildman–Crippen MR) is 218 cm³/mol. The van der Waals surface area contributed by atoms with Gasteiger partial charge in [0.2, 0.25) is 0 Å². The van der Waals surface area contributed by atoms with Crippen molar-refractivity contribution in [2.45, 2.75) is 72.4 Å². The lowest BCUT2D eigenvalue weighted by molar-refractivity contribution is -0.158. The SMILES string of the molecule is CC(C)[C@H](NC(=O)c1ccc2ccccc2n1)C(=O)O.CC(C)[C@H](NC(=O)c1ccc2ccccc2n1)C(=O)OC(C)(C)C.OC(O)c1ccc2ccccc2n1. The van der Waals surface area contributed by atoms with Crippen molar-refractivity contribution < 1.29 is 39.2 Å². The maximum absolute atomic E-state index is 12.5. The molecule has 0 aliphatic carbocycles. The summed E-state index contributed by atoms with van der Waals surface area (Å²) in [6.45, 7) is 12.6. The maximum Gasteiger partial charge on any atom is 0.329 e. The molecule has 6 aromatic rings. The van der Waals surface area contributed by atoms with E-state index in [1.54, 1.807) is 58.9 Å². The van der Waals surface area contributed by atoms with Crippen LogP contribution in [0.25, 0.3) is 32.7 Å². The average Bonchev–Trinajstić information content (AvgIpc) is 3.17. The van der Waals surface area contributed by atoms with Crippen molar-refractivity contribution in [3.8, 4) is 0 Å². The van der Waals surface area contributed by atoms with Gasteiger partial charge in [-0.2, -0.15) is 0 Å². The first kappa shape index (κ1) is 43.4. The number of nitrogens with zero attached hydrogens (tertiary/aromatic N) is 3. The van der Waals surface area contributed by atoms with E-state index in [4.69, 9.17) is 20.1 Å². The normalized spacial score (nSPS) is 12.3. The molecular formula is C44H49N5O8. The highest BCUT2D eigenvalue weighted by molar-refractivity contribution is 5.98. The van der Waals surface area contributed by atoms with Gasteiger partial charge in [-0.25, -0.2) is 24.5 Å². The molecule has 0 aliphatic heterocycles. The van der Waals surface area contributed by atoms with Crippen molar-refractivity contribution in [2.24, 2.45) is 11.8 Å². The van der Waals surface area contributed by atoms with Crippen LogP contribution in [0, 0.1) is 11.8 Å². The molecule has 2 atom stereocenters. The van der Waals surface area contributed by atoms with Crippen molar-refractivity contribution >= 4 is 56.5 Å². The number of aliphatic hydroxyl groups is 2. The molecule has 5 N–H and O–H groups in total. The molecule has 57 heavy (non-hydrogen) atoms. The molecule has 0 fully saturated rings. The Morgan fingerprint density at radius 2 is 0.947 bits per heavy atom. The smallest absolute Gasteiger partial charge is 0.329 e. The van der Waals surface area contributed by atoms with Crippen LogP contribution in [0.4, 0.5) is 0 Å². The van der Waals surface area contributed by atoms with Crippen LogP contribution < -0.4 is 10.6 Å². The van der Waals surface area contributed by atoms with E-state index in [0.717, 1.165) is 27.2 Å². The lowest BCUT2D eigenvalue weighted by Gasteiger charge is -2.26. The molecular weight excluding hydrogens is 727 g/mol. The van der Waals surface area contributed by atoms with Gasteiger partial charge in [-0.05, 0) is 69.0 Å². The Kier molecular flexibility index (Phi) is 14.9. The lowest BCUT2D eigenvalue weighted by Crippen LogP contribution is -2.47. The second-order valence-electron chi connectivity index (χ2n) is 14.8. The van der Waals surface area contributed by atoms with Crippen molar-refractivity contribution in [1.29, 1.82) is 0 Å². The van der Waals surface area contributed by atoms with E-state index < -0.39 is 41.8 Å². The highest BCUT2D eigenvalue weighted by Gasteiger charge is 2.30. The molecule has 13 heteroatoms. The van der Waals surface area contributed by atoms with Gasteiger partial charge in [0.1, 0.15) is 29.1 Å². The van der Waals surface area contributed by atoms with Crippen molar-refractivity contribution in [3.63, 3.8) is 0 Å². The molecule has 6 rings (SSSR count). The Hall–Kier alpha value is -6.31. The van der Waals surface area contributed by atoms with Crippen LogP contribution in [0.2, 0.25) is 0 Å². The van der Waals surface area contributed by atoms with E-state index in [0.29, 0.717) is 5.52 Å². The van der Waals surface area contributed by atoms with Crippen molar-refractivity contribution in [3.05, 3.63) is 126 Å². The molecule has 0 saturated heterocycles. The maximum atomic E-state index is 12.5. The third-order valence-electron chi connectivity index (χ3n) is 8.38. The Morgan fingerprint density at radius 1 is 0.561 bits per heavy atom. The zero-order valence-electron chi connectivity index (χ0n) is 33.0. The topological polar surface area (TPSA) is 201 Å². The van der Waals surface area contributed by atoms with Crippen LogP contribution in [0.1, 0.15) is 81.4 Å².